The van der Waals surface area contributed by atoms with Gasteiger partial charge in [0, 0.05) is 32.1 Å². The molecule has 1 fully saturated rings. The minimum atomic E-state index is -0.344. The lowest BCUT2D eigenvalue weighted by Crippen LogP contribution is -2.47. The van der Waals surface area contributed by atoms with Crippen molar-refractivity contribution in [3.8, 4) is 0 Å². The number of nitro benzene ring substituents is 1. The first-order valence-electron chi connectivity index (χ1n) is 6.84. The van der Waals surface area contributed by atoms with Crippen molar-refractivity contribution in [3.63, 3.8) is 0 Å². The smallest absolute Gasteiger partial charge is 0.295 e. The second-order valence-electron chi connectivity index (χ2n) is 5.08. The first-order valence-corrected chi connectivity index (χ1v) is 6.84. The summed E-state index contributed by atoms with van der Waals surface area (Å²) in [7, 11) is 0. The Kier molecular flexibility index (Phi) is 4.74. The van der Waals surface area contributed by atoms with Gasteiger partial charge in [0.25, 0.3) is 5.69 Å². The van der Waals surface area contributed by atoms with Crippen molar-refractivity contribution < 1.29 is 14.5 Å². The van der Waals surface area contributed by atoms with Gasteiger partial charge >= 0.3 is 0 Å². The number of hydrogen-bond acceptors (Lipinski definition) is 5. The molecule has 1 unspecified atom stereocenters. The number of hydrogen-bond donors (Lipinski definition) is 1. The number of benzene rings is 1. The van der Waals surface area contributed by atoms with Crippen LogP contribution < -0.4 is 10.2 Å². The normalized spacial score (nSPS) is 18.4. The van der Waals surface area contributed by atoms with Gasteiger partial charge in [-0.05, 0) is 13.0 Å². The second kappa shape index (κ2) is 6.53. The van der Waals surface area contributed by atoms with Gasteiger partial charge in [-0.2, -0.15) is 0 Å². The van der Waals surface area contributed by atoms with Gasteiger partial charge in [-0.15, -0.1) is 0 Å². The minimum absolute atomic E-state index is 0.114. The molecule has 0 saturated carbocycles. The third-order valence-electron chi connectivity index (χ3n) is 3.46. The van der Waals surface area contributed by atoms with E-state index in [0.717, 1.165) is 0 Å². The average Bonchev–Trinajstić information content (AvgIpc) is 2.44. The Balaban J connectivity index is 2.16. The topological polar surface area (TPSA) is 84.7 Å². The predicted octanol–water partition coefficient (Wildman–Crippen LogP) is 1.24. The Morgan fingerprint density at radius 3 is 3.00 bits per heavy atom. The highest BCUT2D eigenvalue weighted by molar-refractivity contribution is 5.72. The predicted molar refractivity (Wildman–Crippen MR) is 78.5 cm³/mol. The van der Waals surface area contributed by atoms with Crippen LogP contribution in [0.5, 0.6) is 0 Å². The number of nitrogens with one attached hydrogen (secondary N) is 1. The van der Waals surface area contributed by atoms with Gasteiger partial charge in [0.2, 0.25) is 5.91 Å². The highest BCUT2D eigenvalue weighted by atomic mass is 16.6. The molecule has 1 aliphatic heterocycles. The quantitative estimate of drug-likeness (QED) is 0.667. The van der Waals surface area contributed by atoms with Gasteiger partial charge in [0.15, 0.2) is 0 Å². The van der Waals surface area contributed by atoms with E-state index in [4.69, 9.17) is 4.74 Å². The molecule has 7 heteroatoms. The van der Waals surface area contributed by atoms with Crippen LogP contribution in [0.2, 0.25) is 0 Å². The van der Waals surface area contributed by atoms with E-state index in [-0.39, 0.29) is 22.6 Å². The number of amides is 1. The lowest BCUT2D eigenvalue weighted by Gasteiger charge is -2.34. The van der Waals surface area contributed by atoms with Crippen LogP contribution >= 0.6 is 0 Å². The van der Waals surface area contributed by atoms with Crippen molar-refractivity contribution in [1.82, 2.24) is 5.32 Å². The molecule has 1 saturated heterocycles. The van der Waals surface area contributed by atoms with Gasteiger partial charge < -0.3 is 15.0 Å². The van der Waals surface area contributed by atoms with Gasteiger partial charge in [-0.25, -0.2) is 0 Å². The van der Waals surface area contributed by atoms with E-state index >= 15 is 0 Å². The van der Waals surface area contributed by atoms with E-state index in [9.17, 15) is 14.9 Å². The van der Waals surface area contributed by atoms with Gasteiger partial charge in [-0.3, -0.25) is 14.9 Å². The molecule has 1 heterocycles. The fourth-order valence-electron chi connectivity index (χ4n) is 2.46. The molecule has 1 atom stereocenters. The minimum Gasteiger partial charge on any atom is -0.373 e. The van der Waals surface area contributed by atoms with Crippen molar-refractivity contribution in [1.29, 1.82) is 0 Å². The number of aryl methyl sites for hydroxylation is 1. The average molecular weight is 293 g/mol. The second-order valence-corrected chi connectivity index (χ2v) is 5.08. The van der Waals surface area contributed by atoms with E-state index in [2.05, 4.69) is 5.32 Å². The Bertz CT molecular complexity index is 547. The van der Waals surface area contributed by atoms with Crippen LogP contribution in [0.4, 0.5) is 11.4 Å². The monoisotopic (exact) mass is 293 g/mol. The summed E-state index contributed by atoms with van der Waals surface area (Å²) in [5, 5.41) is 14.0. The molecule has 0 aliphatic carbocycles. The Morgan fingerprint density at radius 1 is 1.57 bits per heavy atom. The fourth-order valence-corrected chi connectivity index (χ4v) is 2.46. The van der Waals surface area contributed by atoms with E-state index < -0.39 is 0 Å². The van der Waals surface area contributed by atoms with E-state index in [1.54, 1.807) is 19.1 Å². The third-order valence-corrected chi connectivity index (χ3v) is 3.46. The molecule has 0 radical (unpaired) electrons. The zero-order chi connectivity index (χ0) is 15.4. The van der Waals surface area contributed by atoms with Crippen LogP contribution in [0.3, 0.4) is 0 Å². The van der Waals surface area contributed by atoms with Crippen LogP contribution in [0.15, 0.2) is 18.2 Å². The highest BCUT2D eigenvalue weighted by Gasteiger charge is 2.27. The number of morpholine rings is 1. The zero-order valence-corrected chi connectivity index (χ0v) is 12.2. The molecule has 0 bridgehead atoms. The van der Waals surface area contributed by atoms with Crippen molar-refractivity contribution in [2.75, 3.05) is 31.1 Å². The van der Waals surface area contributed by atoms with Gasteiger partial charge in [-0.1, -0.05) is 12.1 Å². The lowest BCUT2D eigenvalue weighted by molar-refractivity contribution is -0.384. The highest BCUT2D eigenvalue weighted by Crippen LogP contribution is 2.32. The molecule has 0 aromatic heterocycles. The number of carbonyl (C=O) groups is 1. The molecular formula is C14H19N3O4. The maximum atomic E-state index is 11.3. The maximum absolute atomic E-state index is 11.3. The Hall–Kier alpha value is -2.15. The first kappa shape index (κ1) is 15.2. The van der Waals surface area contributed by atoms with Crippen molar-refractivity contribution in [2.24, 2.45) is 0 Å². The molecule has 1 aliphatic rings. The Labute approximate surface area is 123 Å². The number of nitro groups is 1. The molecule has 1 aromatic carbocycles. The van der Waals surface area contributed by atoms with Crippen LogP contribution in [-0.4, -0.2) is 43.2 Å². The Morgan fingerprint density at radius 2 is 2.33 bits per heavy atom. The van der Waals surface area contributed by atoms with E-state index in [0.29, 0.717) is 37.5 Å². The summed E-state index contributed by atoms with van der Waals surface area (Å²) in [6.07, 6.45) is -0.164. The summed E-state index contributed by atoms with van der Waals surface area (Å²) < 4.78 is 5.58. The molecule has 7 nitrogen and oxygen atoms in total. The van der Waals surface area contributed by atoms with Crippen molar-refractivity contribution >= 4 is 17.3 Å². The number of nitrogens with zero attached hydrogens (tertiary/aromatic N) is 2. The fraction of sp³-hybridized carbons (Fsp3) is 0.500. The summed E-state index contributed by atoms with van der Waals surface area (Å²) in [6.45, 7) is 5.19. The summed E-state index contributed by atoms with van der Waals surface area (Å²) in [5.74, 6) is -0.114. The molecule has 1 amide bonds. The van der Waals surface area contributed by atoms with Crippen molar-refractivity contribution in [3.05, 3.63) is 33.9 Å². The number of para-hydroxylation sites is 1. The molecular weight excluding hydrogens is 274 g/mol. The van der Waals surface area contributed by atoms with Gasteiger partial charge in [0.1, 0.15) is 5.69 Å². The van der Waals surface area contributed by atoms with Crippen LogP contribution in [0, 0.1) is 17.0 Å². The summed E-state index contributed by atoms with van der Waals surface area (Å²) in [5.41, 5.74) is 1.39. The molecule has 114 valence electrons. The van der Waals surface area contributed by atoms with Crippen LogP contribution in [-0.2, 0) is 9.53 Å². The summed E-state index contributed by atoms with van der Waals surface area (Å²) >= 11 is 0. The number of ether oxygens (including phenoxy) is 1. The molecule has 2 rings (SSSR count). The molecule has 1 aromatic rings. The van der Waals surface area contributed by atoms with E-state index in [1.807, 2.05) is 11.0 Å². The number of anilines is 1. The molecule has 0 spiro atoms. The zero-order valence-electron chi connectivity index (χ0n) is 12.2. The number of rotatable bonds is 4. The number of carbonyl (C=O) groups excluding carboxylic acids is 1. The summed E-state index contributed by atoms with van der Waals surface area (Å²) in [6, 6.07) is 5.30. The summed E-state index contributed by atoms with van der Waals surface area (Å²) in [4.78, 5) is 23.8. The molecule has 1 N–H and O–H groups in total. The largest absolute Gasteiger partial charge is 0.373 e. The standard InChI is InChI=1S/C14H19N3O4/c1-10-4-3-5-13(14(10)17(19)20)16-6-7-21-12(9-16)8-15-11(2)18/h3-5,12H,6-9H2,1-2H3,(H,15,18). The van der Waals surface area contributed by atoms with Crippen LogP contribution in [0.1, 0.15) is 12.5 Å². The van der Waals surface area contributed by atoms with Gasteiger partial charge in [0.05, 0.1) is 17.6 Å². The van der Waals surface area contributed by atoms with Crippen LogP contribution in [0.25, 0.3) is 0 Å². The molecule has 21 heavy (non-hydrogen) atoms. The van der Waals surface area contributed by atoms with Crippen molar-refractivity contribution in [2.45, 2.75) is 20.0 Å². The first-order chi connectivity index (χ1) is 9.99. The van der Waals surface area contributed by atoms with E-state index in [1.165, 1.54) is 6.92 Å². The third kappa shape index (κ3) is 3.69. The SMILES string of the molecule is CC(=O)NCC1CN(c2cccc(C)c2[N+](=O)[O-])CCO1. The maximum Gasteiger partial charge on any atom is 0.295 e. The lowest BCUT2D eigenvalue weighted by atomic mass is 10.1.